The van der Waals surface area contributed by atoms with Crippen molar-refractivity contribution in [2.24, 2.45) is 11.6 Å². The van der Waals surface area contributed by atoms with Crippen LogP contribution in [-0.4, -0.2) is 11.1 Å². The lowest BCUT2D eigenvalue weighted by Crippen LogP contribution is -2.26. The highest BCUT2D eigenvalue weighted by Gasteiger charge is 2.11. The molecule has 23 heavy (non-hydrogen) atoms. The van der Waals surface area contributed by atoms with Gasteiger partial charge < -0.3 is 16.3 Å². The Morgan fingerprint density at radius 3 is 2.04 bits per heavy atom. The van der Waals surface area contributed by atoms with Crippen LogP contribution in [0.3, 0.4) is 0 Å². The van der Waals surface area contributed by atoms with E-state index in [1.807, 2.05) is 36.4 Å². The Bertz CT molecular complexity index is 777. The van der Waals surface area contributed by atoms with Crippen LogP contribution in [0.4, 0.5) is 0 Å². The summed E-state index contributed by atoms with van der Waals surface area (Å²) in [6, 6.07) is 16.8. The number of benzene rings is 2. The maximum absolute atomic E-state index is 10.9. The smallest absolute Gasteiger partial charge is 0.354 e. The van der Waals surface area contributed by atoms with Gasteiger partial charge >= 0.3 is 5.97 Å². The van der Waals surface area contributed by atoms with Crippen molar-refractivity contribution in [2.45, 2.75) is 4.90 Å². The second-order valence-corrected chi connectivity index (χ2v) is 5.59. The van der Waals surface area contributed by atoms with Gasteiger partial charge in [0.15, 0.2) is 0 Å². The van der Waals surface area contributed by atoms with Crippen molar-refractivity contribution in [1.82, 2.24) is 5.43 Å². The van der Waals surface area contributed by atoms with Crippen LogP contribution in [0.1, 0.15) is 5.56 Å². The van der Waals surface area contributed by atoms with E-state index in [2.05, 4.69) is 11.5 Å². The molecule has 0 bridgehead atoms. The number of hydrogen-bond acceptors (Lipinski definition) is 6. The molecule has 0 atom stereocenters. The van der Waals surface area contributed by atoms with Gasteiger partial charge in [0.1, 0.15) is 10.7 Å². The largest absolute Gasteiger partial charge is 0.477 e. The first-order valence-corrected chi connectivity index (χ1v) is 7.35. The van der Waals surface area contributed by atoms with Gasteiger partial charge in [-0.2, -0.15) is 5.26 Å². The SMILES string of the molecule is N#Cc1ccc(-c2ccc(S/C(NN)=C(/N)C(=O)O)cc2)cc1. The third kappa shape index (κ3) is 4.03. The molecule has 0 aliphatic rings. The molecule has 7 heteroatoms. The number of aliphatic carboxylic acids is 1. The molecule has 0 fully saturated rings. The molecular formula is C16H14N4O2S. The van der Waals surface area contributed by atoms with E-state index in [1.165, 1.54) is 0 Å². The molecule has 0 saturated carbocycles. The highest BCUT2D eigenvalue weighted by Crippen LogP contribution is 2.28. The van der Waals surface area contributed by atoms with Crippen molar-refractivity contribution in [3.63, 3.8) is 0 Å². The third-order valence-corrected chi connectivity index (χ3v) is 4.08. The quantitative estimate of drug-likeness (QED) is 0.286. The molecule has 6 nitrogen and oxygen atoms in total. The summed E-state index contributed by atoms with van der Waals surface area (Å²) in [5.41, 5.74) is 9.99. The van der Waals surface area contributed by atoms with Gasteiger partial charge in [-0.15, -0.1) is 0 Å². The molecule has 0 aliphatic heterocycles. The zero-order valence-electron chi connectivity index (χ0n) is 12.0. The minimum atomic E-state index is -1.24. The summed E-state index contributed by atoms with van der Waals surface area (Å²) in [5.74, 6) is 4.07. The molecule has 6 N–H and O–H groups in total. The van der Waals surface area contributed by atoms with Crippen LogP contribution < -0.4 is 17.0 Å². The molecular weight excluding hydrogens is 312 g/mol. The molecule has 0 aliphatic carbocycles. The van der Waals surface area contributed by atoms with Crippen LogP contribution in [0, 0.1) is 11.3 Å². The Morgan fingerprint density at radius 2 is 1.61 bits per heavy atom. The number of nitrogens with two attached hydrogens (primary N) is 2. The number of carboxylic acids is 1. The molecule has 0 saturated heterocycles. The van der Waals surface area contributed by atoms with E-state index in [0.29, 0.717) is 5.56 Å². The zero-order valence-corrected chi connectivity index (χ0v) is 12.8. The van der Waals surface area contributed by atoms with Crippen molar-refractivity contribution >= 4 is 17.7 Å². The molecule has 2 rings (SSSR count). The minimum absolute atomic E-state index is 0.170. The summed E-state index contributed by atoms with van der Waals surface area (Å²) in [6.07, 6.45) is 0. The normalized spacial score (nSPS) is 11.3. The van der Waals surface area contributed by atoms with Crippen LogP contribution in [-0.2, 0) is 4.79 Å². The number of carboxylic acid groups (broad SMARTS) is 1. The van der Waals surface area contributed by atoms with E-state index in [4.69, 9.17) is 21.9 Å². The number of nitriles is 1. The van der Waals surface area contributed by atoms with E-state index < -0.39 is 5.97 Å². The lowest BCUT2D eigenvalue weighted by molar-refractivity contribution is -0.132. The summed E-state index contributed by atoms with van der Waals surface area (Å²) in [5, 5.41) is 17.9. The van der Waals surface area contributed by atoms with Gasteiger partial charge in [-0.3, -0.25) is 0 Å². The highest BCUT2D eigenvalue weighted by molar-refractivity contribution is 8.03. The topological polar surface area (TPSA) is 125 Å². The molecule has 0 aromatic heterocycles. The van der Waals surface area contributed by atoms with E-state index in [0.717, 1.165) is 27.8 Å². The molecule has 2 aromatic rings. The number of thioether (sulfide) groups is 1. The maximum atomic E-state index is 10.9. The second kappa shape index (κ2) is 7.35. The predicted molar refractivity (Wildman–Crippen MR) is 88.6 cm³/mol. The monoisotopic (exact) mass is 326 g/mol. The van der Waals surface area contributed by atoms with Crippen molar-refractivity contribution < 1.29 is 9.90 Å². The van der Waals surface area contributed by atoms with Crippen LogP contribution in [0.5, 0.6) is 0 Å². The Kier molecular flexibility index (Phi) is 5.25. The van der Waals surface area contributed by atoms with Gasteiger partial charge in [-0.05, 0) is 35.4 Å². The zero-order chi connectivity index (χ0) is 16.8. The molecule has 0 amide bonds. The molecule has 2 aromatic carbocycles. The second-order valence-electron chi connectivity index (χ2n) is 4.51. The summed E-state index contributed by atoms with van der Waals surface area (Å²) in [7, 11) is 0. The van der Waals surface area contributed by atoms with Gasteiger partial charge in [-0.25, -0.2) is 10.6 Å². The number of hydrogen-bond donors (Lipinski definition) is 4. The van der Waals surface area contributed by atoms with Crippen molar-refractivity contribution in [3.05, 3.63) is 64.8 Å². The minimum Gasteiger partial charge on any atom is -0.477 e. The molecule has 116 valence electrons. The molecule has 0 unspecified atom stereocenters. The first kappa shape index (κ1) is 16.4. The number of hydrazine groups is 1. The Morgan fingerprint density at radius 1 is 1.09 bits per heavy atom. The maximum Gasteiger partial charge on any atom is 0.354 e. The number of rotatable bonds is 5. The van der Waals surface area contributed by atoms with Crippen LogP contribution in [0.25, 0.3) is 11.1 Å². The van der Waals surface area contributed by atoms with Gasteiger partial charge in [0.05, 0.1) is 11.6 Å². The standard InChI is InChI=1S/C16H14N4O2S/c17-9-10-1-3-11(4-2-10)12-5-7-13(8-6-12)23-15(20-19)14(18)16(21)22/h1-8,20H,18-19H2,(H,21,22)/b15-14+. The highest BCUT2D eigenvalue weighted by atomic mass is 32.2. The Balaban J connectivity index is 2.20. The molecule has 0 spiro atoms. The number of nitrogens with zero attached hydrogens (tertiary/aromatic N) is 1. The van der Waals surface area contributed by atoms with E-state index in [-0.39, 0.29) is 10.7 Å². The van der Waals surface area contributed by atoms with Crippen LogP contribution in [0.2, 0.25) is 0 Å². The molecule has 0 radical (unpaired) electrons. The predicted octanol–water partition coefficient (Wildman–Crippen LogP) is 1.99. The van der Waals surface area contributed by atoms with E-state index in [1.54, 1.807) is 12.1 Å². The Labute approximate surface area is 137 Å². The third-order valence-electron chi connectivity index (χ3n) is 3.03. The average Bonchev–Trinajstić information content (AvgIpc) is 2.59. The first-order chi connectivity index (χ1) is 11.0. The fourth-order valence-corrected chi connectivity index (χ4v) is 2.59. The lowest BCUT2D eigenvalue weighted by atomic mass is 10.0. The van der Waals surface area contributed by atoms with E-state index in [9.17, 15) is 4.79 Å². The van der Waals surface area contributed by atoms with Gasteiger partial charge in [-0.1, -0.05) is 36.0 Å². The van der Waals surface area contributed by atoms with Crippen LogP contribution in [0.15, 0.2) is 64.2 Å². The first-order valence-electron chi connectivity index (χ1n) is 6.53. The van der Waals surface area contributed by atoms with E-state index >= 15 is 0 Å². The summed E-state index contributed by atoms with van der Waals surface area (Å²) >= 11 is 1.13. The fourth-order valence-electron chi connectivity index (χ4n) is 1.83. The number of carbonyl (C=O) groups is 1. The van der Waals surface area contributed by atoms with Gasteiger partial charge in [0, 0.05) is 4.90 Å². The van der Waals surface area contributed by atoms with Crippen molar-refractivity contribution in [2.75, 3.05) is 0 Å². The van der Waals surface area contributed by atoms with Crippen molar-refractivity contribution in [1.29, 1.82) is 5.26 Å². The summed E-state index contributed by atoms with van der Waals surface area (Å²) < 4.78 is 0. The number of nitrogens with one attached hydrogen (secondary N) is 1. The lowest BCUT2D eigenvalue weighted by Gasteiger charge is -2.09. The fraction of sp³-hybridized carbons (Fsp3) is 0. The van der Waals surface area contributed by atoms with Gasteiger partial charge in [0.2, 0.25) is 0 Å². The summed E-state index contributed by atoms with van der Waals surface area (Å²) in [6.45, 7) is 0. The average molecular weight is 326 g/mol. The summed E-state index contributed by atoms with van der Waals surface area (Å²) in [4.78, 5) is 11.7. The Hall–Kier alpha value is -2.95. The molecule has 0 heterocycles. The van der Waals surface area contributed by atoms with Gasteiger partial charge in [0.25, 0.3) is 0 Å². The van der Waals surface area contributed by atoms with Crippen molar-refractivity contribution in [3.8, 4) is 17.2 Å². The van der Waals surface area contributed by atoms with Crippen LogP contribution >= 0.6 is 11.8 Å².